The Morgan fingerprint density at radius 1 is 1.18 bits per heavy atom. The molecule has 2 heterocycles. The molecule has 3 N–H and O–H groups in total. The van der Waals surface area contributed by atoms with Gasteiger partial charge in [0.15, 0.2) is 0 Å². The van der Waals surface area contributed by atoms with Gasteiger partial charge in [0.05, 0.1) is 24.5 Å². The van der Waals surface area contributed by atoms with Gasteiger partial charge in [0, 0.05) is 23.9 Å². The molecule has 1 aliphatic heterocycles. The second kappa shape index (κ2) is 8.06. The van der Waals surface area contributed by atoms with E-state index in [1.54, 1.807) is 24.4 Å². The smallest absolute Gasteiger partial charge is 0.252 e. The fraction of sp³-hybridized carbons (Fsp3) is 0.190. The summed E-state index contributed by atoms with van der Waals surface area (Å²) in [7, 11) is 0. The summed E-state index contributed by atoms with van der Waals surface area (Å²) in [6, 6.07) is 16.7. The summed E-state index contributed by atoms with van der Waals surface area (Å²) in [6.45, 7) is 1.17. The Labute approximate surface area is 162 Å². The summed E-state index contributed by atoms with van der Waals surface area (Å²) in [4.78, 5) is 20.7. The maximum absolute atomic E-state index is 12.0. The van der Waals surface area contributed by atoms with Crippen molar-refractivity contribution in [3.63, 3.8) is 0 Å². The van der Waals surface area contributed by atoms with Gasteiger partial charge in [-0.05, 0) is 36.4 Å². The summed E-state index contributed by atoms with van der Waals surface area (Å²) < 4.78 is 11.2. The zero-order chi connectivity index (χ0) is 19.3. The fourth-order valence-electron chi connectivity index (χ4n) is 3.00. The van der Waals surface area contributed by atoms with Gasteiger partial charge in [-0.3, -0.25) is 4.79 Å². The van der Waals surface area contributed by atoms with Crippen LogP contribution in [0.5, 0.6) is 5.75 Å². The van der Waals surface area contributed by atoms with Crippen molar-refractivity contribution in [1.82, 2.24) is 9.97 Å². The number of carbonyl (C=O) groups is 1. The van der Waals surface area contributed by atoms with Crippen molar-refractivity contribution in [3.05, 3.63) is 66.4 Å². The van der Waals surface area contributed by atoms with Crippen molar-refractivity contribution in [2.75, 3.05) is 18.5 Å². The summed E-state index contributed by atoms with van der Waals surface area (Å²) in [6.07, 6.45) is 2.39. The standard InChI is InChI=1S/C21H20N4O3/c22-20(26)17-12-14(6-7-19(17)28-16-9-11-27-13-16)18-8-10-23-21(25-18)24-15-4-2-1-3-5-15/h1-8,10,12,16H,9,11,13H2,(H2,22,26)(H,23,24,25)/t16-/m0/s1. The minimum absolute atomic E-state index is 0.0651. The Bertz CT molecular complexity index is 972. The Morgan fingerprint density at radius 3 is 2.79 bits per heavy atom. The number of rotatable bonds is 6. The third-order valence-corrected chi connectivity index (χ3v) is 4.41. The second-order valence-electron chi connectivity index (χ2n) is 6.44. The molecule has 0 spiro atoms. The van der Waals surface area contributed by atoms with Gasteiger partial charge in [-0.1, -0.05) is 18.2 Å². The van der Waals surface area contributed by atoms with E-state index in [0.717, 1.165) is 17.7 Å². The van der Waals surface area contributed by atoms with Crippen LogP contribution in [0.3, 0.4) is 0 Å². The van der Waals surface area contributed by atoms with Gasteiger partial charge in [-0.15, -0.1) is 0 Å². The van der Waals surface area contributed by atoms with Crippen molar-refractivity contribution < 1.29 is 14.3 Å². The molecule has 1 atom stereocenters. The molecule has 0 aliphatic carbocycles. The number of hydrogen-bond acceptors (Lipinski definition) is 6. The van der Waals surface area contributed by atoms with Crippen molar-refractivity contribution >= 4 is 17.5 Å². The van der Waals surface area contributed by atoms with Gasteiger partial charge >= 0.3 is 0 Å². The molecule has 1 amide bonds. The van der Waals surface area contributed by atoms with E-state index in [0.29, 0.717) is 36.2 Å². The number of nitrogens with one attached hydrogen (secondary N) is 1. The first-order chi connectivity index (χ1) is 13.7. The zero-order valence-electron chi connectivity index (χ0n) is 15.2. The largest absolute Gasteiger partial charge is 0.487 e. The van der Waals surface area contributed by atoms with Crippen molar-refractivity contribution in [2.24, 2.45) is 5.73 Å². The highest BCUT2D eigenvalue weighted by Crippen LogP contribution is 2.28. The lowest BCUT2D eigenvalue weighted by molar-refractivity contribution is 0.0989. The number of benzene rings is 2. The first kappa shape index (κ1) is 17.9. The molecule has 2 aromatic carbocycles. The average Bonchev–Trinajstić information content (AvgIpc) is 3.22. The van der Waals surface area contributed by atoms with Gasteiger partial charge in [0.25, 0.3) is 5.91 Å². The molecule has 142 valence electrons. The average molecular weight is 376 g/mol. The van der Waals surface area contributed by atoms with Gasteiger partial charge < -0.3 is 20.5 Å². The van der Waals surface area contributed by atoms with E-state index in [1.165, 1.54) is 0 Å². The molecule has 1 saturated heterocycles. The maximum atomic E-state index is 12.0. The Hall–Kier alpha value is -3.45. The second-order valence-corrected chi connectivity index (χ2v) is 6.44. The number of nitrogens with two attached hydrogens (primary N) is 1. The van der Waals surface area contributed by atoms with Crippen LogP contribution in [-0.4, -0.2) is 35.2 Å². The monoisotopic (exact) mass is 376 g/mol. The molecule has 1 fully saturated rings. The Kier molecular flexibility index (Phi) is 5.16. The molecule has 7 nitrogen and oxygen atoms in total. The van der Waals surface area contributed by atoms with Crippen molar-refractivity contribution in [3.8, 4) is 17.0 Å². The number of hydrogen-bond donors (Lipinski definition) is 2. The van der Waals surface area contributed by atoms with Gasteiger partial charge in [-0.2, -0.15) is 0 Å². The molecule has 7 heteroatoms. The van der Waals surface area contributed by atoms with E-state index < -0.39 is 5.91 Å². The molecular formula is C21H20N4O3. The molecule has 1 aromatic heterocycles. The normalized spacial score (nSPS) is 15.9. The van der Waals surface area contributed by atoms with Crippen LogP contribution in [0, 0.1) is 0 Å². The highest BCUT2D eigenvalue weighted by molar-refractivity contribution is 5.97. The Balaban J connectivity index is 1.60. The fourth-order valence-corrected chi connectivity index (χ4v) is 3.00. The molecule has 0 radical (unpaired) electrons. The van der Waals surface area contributed by atoms with E-state index in [2.05, 4.69) is 15.3 Å². The lowest BCUT2D eigenvalue weighted by Gasteiger charge is -2.15. The van der Waals surface area contributed by atoms with E-state index in [9.17, 15) is 4.79 Å². The van der Waals surface area contributed by atoms with E-state index in [-0.39, 0.29) is 6.10 Å². The van der Waals surface area contributed by atoms with Crippen LogP contribution in [0.1, 0.15) is 16.8 Å². The summed E-state index contributed by atoms with van der Waals surface area (Å²) >= 11 is 0. The number of para-hydroxylation sites is 1. The highest BCUT2D eigenvalue weighted by atomic mass is 16.5. The van der Waals surface area contributed by atoms with E-state index >= 15 is 0 Å². The van der Waals surface area contributed by atoms with Crippen LogP contribution < -0.4 is 15.8 Å². The molecule has 1 aliphatic rings. The quantitative estimate of drug-likeness (QED) is 0.686. The topological polar surface area (TPSA) is 99.4 Å². The van der Waals surface area contributed by atoms with Crippen LogP contribution in [0.25, 0.3) is 11.3 Å². The number of ether oxygens (including phenoxy) is 2. The minimum Gasteiger partial charge on any atom is -0.487 e. The predicted molar refractivity (Wildman–Crippen MR) is 106 cm³/mol. The molecule has 0 unspecified atom stereocenters. The minimum atomic E-state index is -0.549. The number of nitrogens with zero attached hydrogens (tertiary/aromatic N) is 2. The lowest BCUT2D eigenvalue weighted by Crippen LogP contribution is -2.19. The van der Waals surface area contributed by atoms with Crippen molar-refractivity contribution in [1.29, 1.82) is 0 Å². The van der Waals surface area contributed by atoms with Gasteiger partial charge in [0.2, 0.25) is 5.95 Å². The molecular weight excluding hydrogens is 356 g/mol. The summed E-state index contributed by atoms with van der Waals surface area (Å²) in [5, 5.41) is 3.16. The zero-order valence-corrected chi connectivity index (χ0v) is 15.2. The first-order valence-electron chi connectivity index (χ1n) is 9.03. The number of amides is 1. The number of primary amides is 1. The van der Waals surface area contributed by atoms with E-state index in [4.69, 9.17) is 15.2 Å². The van der Waals surface area contributed by atoms with Gasteiger partial charge in [-0.25, -0.2) is 9.97 Å². The first-order valence-corrected chi connectivity index (χ1v) is 9.03. The third-order valence-electron chi connectivity index (χ3n) is 4.41. The molecule has 28 heavy (non-hydrogen) atoms. The predicted octanol–water partition coefficient (Wildman–Crippen LogP) is 3.15. The SMILES string of the molecule is NC(=O)c1cc(-c2ccnc(Nc3ccccc3)n2)ccc1O[C@H]1CCOC1. The molecule has 4 rings (SSSR count). The number of carbonyl (C=O) groups excluding carboxylic acids is 1. The molecule has 0 saturated carbocycles. The lowest BCUT2D eigenvalue weighted by atomic mass is 10.1. The Morgan fingerprint density at radius 2 is 2.04 bits per heavy atom. The van der Waals surface area contributed by atoms with Crippen molar-refractivity contribution in [2.45, 2.75) is 12.5 Å². The molecule has 3 aromatic rings. The van der Waals surface area contributed by atoms with Crippen LogP contribution >= 0.6 is 0 Å². The van der Waals surface area contributed by atoms with Crippen LogP contribution in [0.15, 0.2) is 60.8 Å². The van der Waals surface area contributed by atoms with Crippen LogP contribution in [-0.2, 0) is 4.74 Å². The van der Waals surface area contributed by atoms with E-state index in [1.807, 2.05) is 36.4 Å². The summed E-state index contributed by atoms with van der Waals surface area (Å²) in [5.74, 6) is 0.378. The maximum Gasteiger partial charge on any atom is 0.252 e. The third kappa shape index (κ3) is 4.10. The number of aromatic nitrogens is 2. The molecule has 0 bridgehead atoms. The summed E-state index contributed by atoms with van der Waals surface area (Å²) in [5.41, 5.74) is 8.21. The highest BCUT2D eigenvalue weighted by Gasteiger charge is 2.20. The van der Waals surface area contributed by atoms with Crippen LogP contribution in [0.2, 0.25) is 0 Å². The number of anilines is 2. The van der Waals surface area contributed by atoms with Crippen LogP contribution in [0.4, 0.5) is 11.6 Å². The van der Waals surface area contributed by atoms with Gasteiger partial charge in [0.1, 0.15) is 11.9 Å².